The van der Waals surface area contributed by atoms with Gasteiger partial charge in [-0.25, -0.2) is 0 Å². The van der Waals surface area contributed by atoms with E-state index in [1.807, 2.05) is 48.7 Å². The molecule has 100 valence electrons. The molecule has 1 aromatic heterocycles. The molecule has 1 heterocycles. The van der Waals surface area contributed by atoms with Crippen molar-refractivity contribution >= 4 is 17.6 Å². The molecule has 1 atom stereocenters. The summed E-state index contributed by atoms with van der Waals surface area (Å²) in [6, 6.07) is 11.1. The van der Waals surface area contributed by atoms with Crippen LogP contribution in [0.2, 0.25) is 5.02 Å². The van der Waals surface area contributed by atoms with Gasteiger partial charge in [-0.1, -0.05) is 23.7 Å². The summed E-state index contributed by atoms with van der Waals surface area (Å²) in [6.07, 6.45) is 0.0384. The maximum atomic E-state index is 11.1. The van der Waals surface area contributed by atoms with Gasteiger partial charge < -0.3 is 9.67 Å². The Morgan fingerprint density at radius 2 is 1.89 bits per heavy atom. The van der Waals surface area contributed by atoms with Gasteiger partial charge in [0.25, 0.3) is 0 Å². The minimum atomic E-state index is -0.822. The van der Waals surface area contributed by atoms with Crippen molar-refractivity contribution in [1.82, 2.24) is 4.57 Å². The molecule has 0 radical (unpaired) electrons. The zero-order valence-corrected chi connectivity index (χ0v) is 11.7. The largest absolute Gasteiger partial charge is 0.481 e. The number of carboxylic acids is 1. The highest BCUT2D eigenvalue weighted by Gasteiger charge is 2.20. The Labute approximate surface area is 117 Å². The molecule has 4 heteroatoms. The van der Waals surface area contributed by atoms with E-state index in [-0.39, 0.29) is 12.5 Å². The number of benzene rings is 1. The molecule has 1 N–H and O–H groups in total. The van der Waals surface area contributed by atoms with E-state index in [4.69, 9.17) is 16.7 Å². The zero-order chi connectivity index (χ0) is 14.0. The molecule has 0 amide bonds. The number of hydrogen-bond acceptors (Lipinski definition) is 1. The summed E-state index contributed by atoms with van der Waals surface area (Å²) in [5, 5.41) is 9.77. The number of hydrogen-bond donors (Lipinski definition) is 1. The Hall–Kier alpha value is -1.74. The van der Waals surface area contributed by atoms with Gasteiger partial charge in [0.2, 0.25) is 0 Å². The minimum absolute atomic E-state index is 0.0384. The molecular formula is C15H16ClNO2. The minimum Gasteiger partial charge on any atom is -0.481 e. The van der Waals surface area contributed by atoms with E-state index >= 15 is 0 Å². The molecule has 1 aromatic carbocycles. The highest BCUT2D eigenvalue weighted by molar-refractivity contribution is 6.30. The summed E-state index contributed by atoms with van der Waals surface area (Å²) in [4.78, 5) is 11.1. The van der Waals surface area contributed by atoms with E-state index in [0.717, 1.165) is 17.0 Å². The van der Waals surface area contributed by atoms with Crippen molar-refractivity contribution in [3.8, 4) is 0 Å². The van der Waals surface area contributed by atoms with Crippen molar-refractivity contribution in [2.45, 2.75) is 26.3 Å². The molecule has 0 bridgehead atoms. The first-order valence-electron chi connectivity index (χ1n) is 6.10. The predicted molar refractivity (Wildman–Crippen MR) is 75.7 cm³/mol. The lowest BCUT2D eigenvalue weighted by molar-refractivity contribution is -0.137. The summed E-state index contributed by atoms with van der Waals surface area (Å²) in [6.45, 7) is 3.96. The van der Waals surface area contributed by atoms with E-state index in [2.05, 4.69) is 0 Å². The topological polar surface area (TPSA) is 42.2 Å². The predicted octanol–water partition coefficient (Wildman–Crippen LogP) is 3.82. The number of halogens is 1. The first-order chi connectivity index (χ1) is 8.99. The van der Waals surface area contributed by atoms with Crippen LogP contribution in [0.1, 0.15) is 29.4 Å². The summed E-state index contributed by atoms with van der Waals surface area (Å²) in [5.41, 5.74) is 3.00. The molecule has 0 fully saturated rings. The van der Waals surface area contributed by atoms with Crippen LogP contribution in [-0.2, 0) is 4.79 Å². The van der Waals surface area contributed by atoms with Crippen molar-refractivity contribution in [3.63, 3.8) is 0 Å². The van der Waals surface area contributed by atoms with E-state index in [0.29, 0.717) is 5.02 Å². The highest BCUT2D eigenvalue weighted by atomic mass is 35.5. The molecule has 2 rings (SSSR count). The average Bonchev–Trinajstić information content (AvgIpc) is 2.66. The van der Waals surface area contributed by atoms with Crippen LogP contribution in [0.3, 0.4) is 0 Å². The molecule has 2 aromatic rings. The van der Waals surface area contributed by atoms with Gasteiger partial charge in [-0.05, 0) is 43.7 Å². The second-order valence-electron chi connectivity index (χ2n) is 4.65. The molecular weight excluding hydrogens is 262 g/mol. The summed E-state index contributed by atoms with van der Waals surface area (Å²) >= 11 is 6.01. The van der Waals surface area contributed by atoms with Crippen molar-refractivity contribution in [3.05, 3.63) is 58.4 Å². The third kappa shape index (κ3) is 2.99. The van der Waals surface area contributed by atoms with Gasteiger partial charge in [-0.3, -0.25) is 4.79 Å². The maximum Gasteiger partial charge on any atom is 0.305 e. The van der Waals surface area contributed by atoms with Crippen LogP contribution in [0.25, 0.3) is 0 Å². The highest BCUT2D eigenvalue weighted by Crippen LogP contribution is 2.28. The average molecular weight is 278 g/mol. The van der Waals surface area contributed by atoms with Crippen molar-refractivity contribution < 1.29 is 9.90 Å². The lowest BCUT2D eigenvalue weighted by Gasteiger charge is -2.22. The second-order valence-corrected chi connectivity index (χ2v) is 5.09. The van der Waals surface area contributed by atoms with Crippen molar-refractivity contribution in [2.24, 2.45) is 0 Å². The monoisotopic (exact) mass is 277 g/mol. The summed E-state index contributed by atoms with van der Waals surface area (Å²) in [7, 11) is 0. The molecule has 0 spiro atoms. The fourth-order valence-corrected chi connectivity index (χ4v) is 2.61. The number of carboxylic acid groups (broad SMARTS) is 1. The zero-order valence-electron chi connectivity index (χ0n) is 10.9. The third-order valence-corrected chi connectivity index (χ3v) is 3.47. The normalized spacial score (nSPS) is 12.4. The SMILES string of the molecule is Cc1ccc(C)n1[C@H](CC(=O)O)c1cccc(Cl)c1. The lowest BCUT2D eigenvalue weighted by Crippen LogP contribution is -2.17. The van der Waals surface area contributed by atoms with Crippen molar-refractivity contribution in [2.75, 3.05) is 0 Å². The fraction of sp³-hybridized carbons (Fsp3) is 0.267. The van der Waals surface area contributed by atoms with Crippen LogP contribution < -0.4 is 0 Å². The maximum absolute atomic E-state index is 11.1. The number of rotatable bonds is 4. The molecule has 0 aliphatic heterocycles. The van der Waals surface area contributed by atoms with Gasteiger partial charge in [0.05, 0.1) is 12.5 Å². The standard InChI is InChI=1S/C15H16ClNO2/c1-10-6-7-11(2)17(10)14(9-15(18)19)12-4-3-5-13(16)8-12/h3-8,14H,9H2,1-2H3,(H,18,19)/t14-/m1/s1. The van der Waals surface area contributed by atoms with Gasteiger partial charge >= 0.3 is 5.97 Å². The number of aliphatic carboxylic acids is 1. The van der Waals surface area contributed by atoms with E-state index < -0.39 is 5.97 Å². The Bertz CT molecular complexity index is 584. The fourth-order valence-electron chi connectivity index (χ4n) is 2.41. The van der Waals surface area contributed by atoms with Crippen molar-refractivity contribution in [1.29, 1.82) is 0 Å². The van der Waals surface area contributed by atoms with E-state index in [1.54, 1.807) is 6.07 Å². The smallest absolute Gasteiger partial charge is 0.305 e. The van der Waals surface area contributed by atoms with Crippen LogP contribution >= 0.6 is 11.6 Å². The Morgan fingerprint density at radius 3 is 2.42 bits per heavy atom. The summed E-state index contributed by atoms with van der Waals surface area (Å²) < 4.78 is 2.04. The van der Waals surface area contributed by atoms with E-state index in [9.17, 15) is 4.79 Å². The molecule has 0 saturated carbocycles. The van der Waals surface area contributed by atoms with Crippen LogP contribution in [0, 0.1) is 13.8 Å². The van der Waals surface area contributed by atoms with E-state index in [1.165, 1.54) is 0 Å². The Kier molecular flexibility index (Phi) is 3.96. The van der Waals surface area contributed by atoms with Crippen LogP contribution in [0.4, 0.5) is 0 Å². The molecule has 0 saturated heterocycles. The van der Waals surface area contributed by atoms with Gasteiger partial charge in [0.15, 0.2) is 0 Å². The van der Waals surface area contributed by atoms with Gasteiger partial charge in [-0.15, -0.1) is 0 Å². The van der Waals surface area contributed by atoms with Crippen LogP contribution in [-0.4, -0.2) is 15.6 Å². The molecule has 19 heavy (non-hydrogen) atoms. The quantitative estimate of drug-likeness (QED) is 0.923. The molecule has 3 nitrogen and oxygen atoms in total. The molecule has 0 aliphatic rings. The molecule has 0 unspecified atom stereocenters. The summed E-state index contributed by atoms with van der Waals surface area (Å²) in [5.74, 6) is -0.822. The Morgan fingerprint density at radius 1 is 1.26 bits per heavy atom. The lowest BCUT2D eigenvalue weighted by atomic mass is 10.0. The van der Waals surface area contributed by atoms with Crippen LogP contribution in [0.5, 0.6) is 0 Å². The van der Waals surface area contributed by atoms with Gasteiger partial charge in [0.1, 0.15) is 0 Å². The third-order valence-electron chi connectivity index (χ3n) is 3.24. The van der Waals surface area contributed by atoms with Gasteiger partial charge in [-0.2, -0.15) is 0 Å². The first-order valence-corrected chi connectivity index (χ1v) is 6.48. The van der Waals surface area contributed by atoms with Gasteiger partial charge in [0, 0.05) is 16.4 Å². The van der Waals surface area contributed by atoms with Crippen LogP contribution in [0.15, 0.2) is 36.4 Å². The number of carbonyl (C=O) groups is 1. The number of aromatic nitrogens is 1. The number of nitrogens with zero attached hydrogens (tertiary/aromatic N) is 1. The first kappa shape index (κ1) is 13.7. The number of aryl methyl sites for hydroxylation is 2. The Balaban J connectivity index is 2.50. The molecule has 0 aliphatic carbocycles. The second kappa shape index (κ2) is 5.49.